The number of nitrogens with one attached hydrogen (secondary N) is 1. The zero-order valence-corrected chi connectivity index (χ0v) is 7.61. The lowest BCUT2D eigenvalue weighted by molar-refractivity contribution is -0.131. The van der Waals surface area contributed by atoms with E-state index >= 15 is 0 Å². The van der Waals surface area contributed by atoms with Gasteiger partial charge in [0.1, 0.15) is 0 Å². The summed E-state index contributed by atoms with van der Waals surface area (Å²) in [6.07, 6.45) is 0.275. The van der Waals surface area contributed by atoms with E-state index in [1.165, 1.54) is 12.1 Å². The zero-order valence-electron chi connectivity index (χ0n) is 7.61. The number of ketones is 1. The van der Waals surface area contributed by atoms with Crippen LogP contribution in [-0.4, -0.2) is 22.8 Å². The molecular formula is C10H7NO4. The van der Waals surface area contributed by atoms with Crippen molar-refractivity contribution in [1.82, 2.24) is 0 Å². The van der Waals surface area contributed by atoms with Crippen LogP contribution in [0.1, 0.15) is 15.9 Å². The molecule has 0 radical (unpaired) electrons. The molecule has 0 atom stereocenters. The average Bonchev–Trinajstić information content (AvgIpc) is 2.55. The van der Waals surface area contributed by atoms with Gasteiger partial charge in [0.15, 0.2) is 0 Å². The van der Waals surface area contributed by atoms with Crippen LogP contribution in [-0.2, 0) is 16.0 Å². The molecular weight excluding hydrogens is 198 g/mol. The second kappa shape index (κ2) is 3.20. The minimum absolute atomic E-state index is 0.0726. The Hall–Kier alpha value is -2.17. The summed E-state index contributed by atoms with van der Waals surface area (Å²) in [6.45, 7) is 0. The van der Waals surface area contributed by atoms with Crippen molar-refractivity contribution in [2.24, 2.45) is 0 Å². The Morgan fingerprint density at radius 2 is 2.07 bits per heavy atom. The topological polar surface area (TPSA) is 83.5 Å². The Morgan fingerprint density at radius 3 is 2.73 bits per heavy atom. The number of Topliss-reactive ketones (excluding diaryl/α,β-unsaturated/α-hetero) is 1. The van der Waals surface area contributed by atoms with Crippen molar-refractivity contribution in [2.45, 2.75) is 6.42 Å². The molecule has 0 saturated carbocycles. The highest BCUT2D eigenvalue weighted by Gasteiger charge is 2.21. The summed E-state index contributed by atoms with van der Waals surface area (Å²) < 4.78 is 0. The third-order valence-electron chi connectivity index (χ3n) is 2.19. The highest BCUT2D eigenvalue weighted by molar-refractivity contribution is 6.40. The highest BCUT2D eigenvalue weighted by atomic mass is 16.4. The van der Waals surface area contributed by atoms with E-state index in [4.69, 9.17) is 5.11 Å². The molecule has 0 aliphatic carbocycles. The van der Waals surface area contributed by atoms with E-state index in [9.17, 15) is 14.4 Å². The fourth-order valence-corrected chi connectivity index (χ4v) is 1.48. The second-order valence-corrected chi connectivity index (χ2v) is 3.23. The molecule has 0 saturated heterocycles. The number of amides is 1. The summed E-state index contributed by atoms with van der Waals surface area (Å²) in [5.41, 5.74) is 1.37. The number of hydrogen-bond acceptors (Lipinski definition) is 3. The van der Waals surface area contributed by atoms with Crippen molar-refractivity contribution < 1.29 is 19.5 Å². The van der Waals surface area contributed by atoms with E-state index in [1.807, 2.05) is 0 Å². The number of fused-ring (bicyclic) bond motifs is 1. The molecule has 0 aromatic heterocycles. The molecule has 0 fully saturated rings. The van der Waals surface area contributed by atoms with Gasteiger partial charge >= 0.3 is 5.97 Å². The normalized spacial score (nSPS) is 13.2. The third-order valence-corrected chi connectivity index (χ3v) is 2.19. The van der Waals surface area contributed by atoms with Gasteiger partial charge in [-0.15, -0.1) is 0 Å². The lowest BCUT2D eigenvalue weighted by Gasteiger charge is -2.00. The van der Waals surface area contributed by atoms with Crippen molar-refractivity contribution in [3.05, 3.63) is 29.3 Å². The number of aliphatic carboxylic acids is 1. The fraction of sp³-hybridized carbons (Fsp3) is 0.100. The van der Waals surface area contributed by atoms with Crippen LogP contribution >= 0.6 is 0 Å². The molecule has 2 rings (SSSR count). The standard InChI is InChI=1S/C10H7NO4/c12-8-4-5-1-2-6(3-7(5)11-8)9(13)10(14)15/h1-3H,4H2,(H,11,12)(H,14,15). The summed E-state index contributed by atoms with van der Waals surface area (Å²) in [5, 5.41) is 11.0. The summed E-state index contributed by atoms with van der Waals surface area (Å²) >= 11 is 0. The summed E-state index contributed by atoms with van der Waals surface area (Å²) in [7, 11) is 0. The average molecular weight is 205 g/mol. The van der Waals surface area contributed by atoms with Crippen LogP contribution in [0.4, 0.5) is 5.69 Å². The van der Waals surface area contributed by atoms with Gasteiger partial charge in [0.2, 0.25) is 5.91 Å². The van der Waals surface area contributed by atoms with E-state index in [0.29, 0.717) is 5.69 Å². The molecule has 5 nitrogen and oxygen atoms in total. The van der Waals surface area contributed by atoms with Crippen molar-refractivity contribution in [1.29, 1.82) is 0 Å². The Kier molecular flexibility index (Phi) is 2.00. The minimum Gasteiger partial charge on any atom is -0.475 e. The molecule has 1 heterocycles. The zero-order chi connectivity index (χ0) is 11.0. The van der Waals surface area contributed by atoms with E-state index in [-0.39, 0.29) is 17.9 Å². The number of hydrogen-bond donors (Lipinski definition) is 2. The van der Waals surface area contributed by atoms with Gasteiger partial charge in [-0.1, -0.05) is 12.1 Å². The van der Waals surface area contributed by atoms with Gasteiger partial charge in [-0.2, -0.15) is 0 Å². The van der Waals surface area contributed by atoms with Gasteiger partial charge in [0, 0.05) is 11.3 Å². The minimum atomic E-state index is -1.50. The van der Waals surface area contributed by atoms with E-state index < -0.39 is 11.8 Å². The van der Waals surface area contributed by atoms with Crippen LogP contribution in [0.15, 0.2) is 18.2 Å². The number of benzene rings is 1. The van der Waals surface area contributed by atoms with E-state index in [0.717, 1.165) is 5.56 Å². The molecule has 1 aromatic carbocycles. The number of carbonyl (C=O) groups is 3. The van der Waals surface area contributed by atoms with E-state index in [1.54, 1.807) is 6.07 Å². The number of anilines is 1. The van der Waals surface area contributed by atoms with Crippen LogP contribution in [0.3, 0.4) is 0 Å². The fourth-order valence-electron chi connectivity index (χ4n) is 1.48. The monoisotopic (exact) mass is 205 g/mol. The molecule has 0 spiro atoms. The van der Waals surface area contributed by atoms with Crippen LogP contribution < -0.4 is 5.32 Å². The summed E-state index contributed by atoms with van der Waals surface area (Å²) in [5.74, 6) is -2.62. The molecule has 1 aliphatic heterocycles. The molecule has 2 N–H and O–H groups in total. The van der Waals surface area contributed by atoms with Crippen LogP contribution in [0.5, 0.6) is 0 Å². The molecule has 5 heteroatoms. The lowest BCUT2D eigenvalue weighted by Crippen LogP contribution is -2.12. The van der Waals surface area contributed by atoms with Crippen molar-refractivity contribution in [3.8, 4) is 0 Å². The quantitative estimate of drug-likeness (QED) is 0.542. The first-order valence-electron chi connectivity index (χ1n) is 4.28. The Balaban J connectivity index is 2.39. The van der Waals surface area contributed by atoms with E-state index in [2.05, 4.69) is 5.32 Å². The first-order chi connectivity index (χ1) is 7.08. The number of carboxylic acids is 1. The predicted molar refractivity (Wildman–Crippen MR) is 50.7 cm³/mol. The molecule has 0 bridgehead atoms. The largest absolute Gasteiger partial charge is 0.475 e. The SMILES string of the molecule is O=C1Cc2ccc(C(=O)C(=O)O)cc2N1. The van der Waals surface area contributed by atoms with Crippen molar-refractivity contribution in [3.63, 3.8) is 0 Å². The van der Waals surface area contributed by atoms with Gasteiger partial charge in [0.05, 0.1) is 6.42 Å². The predicted octanol–water partition coefficient (Wildman–Crippen LogP) is 0.448. The van der Waals surface area contributed by atoms with Gasteiger partial charge in [0.25, 0.3) is 5.78 Å². The smallest absolute Gasteiger partial charge is 0.377 e. The molecule has 1 amide bonds. The molecule has 1 aliphatic rings. The van der Waals surface area contributed by atoms with Crippen LogP contribution in [0, 0.1) is 0 Å². The maximum atomic E-state index is 11.1. The summed E-state index contributed by atoms with van der Waals surface area (Å²) in [4.78, 5) is 32.5. The Morgan fingerprint density at radius 1 is 1.33 bits per heavy atom. The molecule has 76 valence electrons. The van der Waals surface area contributed by atoms with Gasteiger partial charge in [-0.3, -0.25) is 9.59 Å². The van der Waals surface area contributed by atoms with Crippen molar-refractivity contribution in [2.75, 3.05) is 5.32 Å². The van der Waals surface area contributed by atoms with Crippen molar-refractivity contribution >= 4 is 23.3 Å². The Labute approximate surface area is 84.7 Å². The van der Waals surface area contributed by atoms with Crippen LogP contribution in [0.2, 0.25) is 0 Å². The molecule has 1 aromatic rings. The maximum Gasteiger partial charge on any atom is 0.377 e. The van der Waals surface area contributed by atoms with Gasteiger partial charge in [-0.05, 0) is 11.6 Å². The molecule has 15 heavy (non-hydrogen) atoms. The maximum absolute atomic E-state index is 11.1. The summed E-state index contributed by atoms with van der Waals surface area (Å²) in [6, 6.07) is 4.38. The number of carboxylic acid groups (broad SMARTS) is 1. The highest BCUT2D eigenvalue weighted by Crippen LogP contribution is 2.24. The van der Waals surface area contributed by atoms with Crippen LogP contribution in [0.25, 0.3) is 0 Å². The second-order valence-electron chi connectivity index (χ2n) is 3.23. The molecule has 0 unspecified atom stereocenters. The number of carbonyl (C=O) groups excluding carboxylic acids is 2. The number of rotatable bonds is 2. The van der Waals surface area contributed by atoms with Gasteiger partial charge in [-0.25, -0.2) is 4.79 Å². The first kappa shape index (κ1) is 9.39. The Bertz CT molecular complexity index is 478. The third kappa shape index (κ3) is 1.59. The first-order valence-corrected chi connectivity index (χ1v) is 4.28. The van der Waals surface area contributed by atoms with Gasteiger partial charge < -0.3 is 10.4 Å². The lowest BCUT2D eigenvalue weighted by atomic mass is 10.1.